The lowest BCUT2D eigenvalue weighted by Gasteiger charge is -2.25. The smallest absolute Gasteiger partial charge is 0.186 e. The number of aryl methyl sites for hydroxylation is 1. The molecule has 0 radical (unpaired) electrons. The lowest BCUT2D eigenvalue weighted by molar-refractivity contribution is 0.204. The van der Waals surface area contributed by atoms with E-state index in [9.17, 15) is 0 Å². The molecule has 0 saturated carbocycles. The Labute approximate surface area is 127 Å². The quantitative estimate of drug-likeness (QED) is 0.720. The Morgan fingerprint density at radius 1 is 1.35 bits per heavy atom. The Balaban J connectivity index is 2.90. The number of rotatable bonds is 10. The number of thiazole rings is 1. The fourth-order valence-electron chi connectivity index (χ4n) is 2.07. The summed E-state index contributed by atoms with van der Waals surface area (Å²) in [4.78, 5) is 8.59. The van der Waals surface area contributed by atoms with E-state index in [4.69, 9.17) is 9.72 Å². The lowest BCUT2D eigenvalue weighted by Crippen LogP contribution is -2.33. The summed E-state index contributed by atoms with van der Waals surface area (Å²) in [5.74, 6) is 0. The van der Waals surface area contributed by atoms with Crippen molar-refractivity contribution in [2.75, 3.05) is 31.7 Å². The summed E-state index contributed by atoms with van der Waals surface area (Å²) in [7, 11) is 1.75. The molecule has 0 aliphatic heterocycles. The summed E-state index contributed by atoms with van der Waals surface area (Å²) in [6, 6.07) is 0.442. The minimum absolute atomic E-state index is 0.442. The number of aromatic nitrogens is 1. The Kier molecular flexibility index (Phi) is 8.11. The number of hydrogen-bond donors (Lipinski definition) is 1. The van der Waals surface area contributed by atoms with Gasteiger partial charge >= 0.3 is 0 Å². The highest BCUT2D eigenvalue weighted by Crippen LogP contribution is 2.28. The van der Waals surface area contributed by atoms with Crippen molar-refractivity contribution in [3.63, 3.8) is 0 Å². The molecule has 0 aliphatic carbocycles. The number of nitrogens with zero attached hydrogens (tertiary/aromatic N) is 2. The summed E-state index contributed by atoms with van der Waals surface area (Å²) in [6.45, 7) is 12.3. The van der Waals surface area contributed by atoms with Crippen LogP contribution in [0, 0.1) is 0 Å². The van der Waals surface area contributed by atoms with Gasteiger partial charge in [-0.05, 0) is 26.8 Å². The molecule has 0 aliphatic rings. The van der Waals surface area contributed by atoms with Gasteiger partial charge in [-0.2, -0.15) is 0 Å². The maximum atomic E-state index is 5.22. The minimum atomic E-state index is 0.442. The predicted molar refractivity (Wildman–Crippen MR) is 87.8 cm³/mol. The van der Waals surface area contributed by atoms with Crippen LogP contribution in [0.2, 0.25) is 0 Å². The average Bonchev–Trinajstić information content (AvgIpc) is 2.80. The van der Waals surface area contributed by atoms with Crippen molar-refractivity contribution in [2.24, 2.45) is 0 Å². The molecule has 0 fully saturated rings. The molecule has 116 valence electrons. The van der Waals surface area contributed by atoms with Crippen molar-refractivity contribution in [3.8, 4) is 0 Å². The highest BCUT2D eigenvalue weighted by atomic mass is 32.1. The fourth-order valence-corrected chi connectivity index (χ4v) is 3.30. The van der Waals surface area contributed by atoms with E-state index in [1.54, 1.807) is 7.11 Å². The van der Waals surface area contributed by atoms with Gasteiger partial charge in [-0.25, -0.2) is 4.98 Å². The molecule has 1 rings (SSSR count). The summed E-state index contributed by atoms with van der Waals surface area (Å²) in [5, 5.41) is 4.55. The van der Waals surface area contributed by atoms with Crippen molar-refractivity contribution in [3.05, 3.63) is 10.6 Å². The van der Waals surface area contributed by atoms with Crippen LogP contribution in [-0.2, 0) is 17.7 Å². The summed E-state index contributed by atoms with van der Waals surface area (Å²) in [5.41, 5.74) is 1.26. The summed E-state index contributed by atoms with van der Waals surface area (Å²) in [6.07, 6.45) is 2.20. The molecule has 0 unspecified atom stereocenters. The monoisotopic (exact) mass is 299 g/mol. The second kappa shape index (κ2) is 9.32. The first kappa shape index (κ1) is 17.4. The average molecular weight is 299 g/mol. The molecule has 4 nitrogen and oxygen atoms in total. The van der Waals surface area contributed by atoms with Gasteiger partial charge in [0.1, 0.15) is 0 Å². The van der Waals surface area contributed by atoms with Crippen molar-refractivity contribution in [2.45, 2.75) is 53.1 Å². The van der Waals surface area contributed by atoms with E-state index in [2.05, 4.69) is 37.9 Å². The third-order valence-electron chi connectivity index (χ3n) is 3.19. The number of nitrogens with one attached hydrogen (secondary N) is 1. The van der Waals surface area contributed by atoms with Crippen molar-refractivity contribution < 1.29 is 4.74 Å². The molecule has 1 aromatic rings. The lowest BCUT2D eigenvalue weighted by atomic mass is 10.2. The molecule has 1 aromatic heterocycles. The van der Waals surface area contributed by atoms with Crippen LogP contribution < -0.4 is 10.2 Å². The molecule has 0 atom stereocenters. The topological polar surface area (TPSA) is 37.4 Å². The molecule has 20 heavy (non-hydrogen) atoms. The number of hydrogen-bond acceptors (Lipinski definition) is 5. The van der Waals surface area contributed by atoms with Crippen molar-refractivity contribution >= 4 is 16.5 Å². The van der Waals surface area contributed by atoms with Crippen LogP contribution in [0.5, 0.6) is 0 Å². The highest BCUT2D eigenvalue weighted by molar-refractivity contribution is 7.15. The molecule has 0 bridgehead atoms. The van der Waals surface area contributed by atoms with Crippen molar-refractivity contribution in [1.29, 1.82) is 0 Å². The van der Waals surface area contributed by atoms with Gasteiger partial charge in [0.25, 0.3) is 0 Å². The van der Waals surface area contributed by atoms with Gasteiger partial charge in [0.15, 0.2) is 5.13 Å². The third-order valence-corrected chi connectivity index (χ3v) is 4.33. The maximum absolute atomic E-state index is 5.22. The van der Waals surface area contributed by atoms with Crippen LogP contribution in [0.15, 0.2) is 0 Å². The SMILES string of the molecule is CCCc1nc(N(CCOC)C(C)C)sc1CNCC. The molecular formula is C15H29N3OS. The summed E-state index contributed by atoms with van der Waals surface area (Å²) >= 11 is 1.82. The first-order valence-corrected chi connectivity index (χ1v) is 8.40. The zero-order valence-electron chi connectivity index (χ0n) is 13.5. The summed E-state index contributed by atoms with van der Waals surface area (Å²) < 4.78 is 5.22. The van der Waals surface area contributed by atoms with E-state index in [0.29, 0.717) is 6.04 Å². The second-order valence-corrected chi connectivity index (χ2v) is 6.24. The van der Waals surface area contributed by atoms with Gasteiger partial charge in [-0.1, -0.05) is 20.3 Å². The Morgan fingerprint density at radius 2 is 2.10 bits per heavy atom. The molecule has 1 N–H and O–H groups in total. The molecule has 1 heterocycles. The maximum Gasteiger partial charge on any atom is 0.186 e. The molecule has 0 amide bonds. The van der Waals surface area contributed by atoms with E-state index in [1.165, 1.54) is 10.6 Å². The zero-order valence-corrected chi connectivity index (χ0v) is 14.3. The van der Waals surface area contributed by atoms with Crippen molar-refractivity contribution in [1.82, 2.24) is 10.3 Å². The van der Waals surface area contributed by atoms with Crippen LogP contribution >= 0.6 is 11.3 Å². The Bertz CT molecular complexity index is 379. The third kappa shape index (κ3) is 5.04. The van der Waals surface area contributed by atoms with Gasteiger partial charge in [-0.15, -0.1) is 11.3 Å². The Hall–Kier alpha value is -0.650. The van der Waals surface area contributed by atoms with E-state index < -0.39 is 0 Å². The van der Waals surface area contributed by atoms with Crippen LogP contribution in [0.25, 0.3) is 0 Å². The molecular weight excluding hydrogens is 270 g/mol. The zero-order chi connectivity index (χ0) is 15.0. The van der Waals surface area contributed by atoms with Crippen LogP contribution in [-0.4, -0.2) is 37.8 Å². The van der Waals surface area contributed by atoms with E-state index >= 15 is 0 Å². The fraction of sp³-hybridized carbons (Fsp3) is 0.800. The number of anilines is 1. The first-order valence-electron chi connectivity index (χ1n) is 7.58. The molecule has 0 spiro atoms. The minimum Gasteiger partial charge on any atom is -0.383 e. The van der Waals surface area contributed by atoms with Gasteiger partial charge in [0.05, 0.1) is 12.3 Å². The van der Waals surface area contributed by atoms with E-state index in [1.807, 2.05) is 11.3 Å². The largest absolute Gasteiger partial charge is 0.383 e. The highest BCUT2D eigenvalue weighted by Gasteiger charge is 2.17. The van der Waals surface area contributed by atoms with E-state index in [0.717, 1.165) is 44.2 Å². The van der Waals surface area contributed by atoms with Gasteiger partial charge < -0.3 is 15.0 Å². The molecule has 0 saturated heterocycles. The normalized spacial score (nSPS) is 11.3. The molecule has 0 aromatic carbocycles. The standard InChI is InChI=1S/C15H29N3OS/c1-6-8-13-14(11-16-7-2)20-15(17-13)18(12(3)4)9-10-19-5/h12,16H,6-11H2,1-5H3. The predicted octanol–water partition coefficient (Wildman–Crippen LogP) is 3.07. The van der Waals surface area contributed by atoms with E-state index in [-0.39, 0.29) is 0 Å². The van der Waals surface area contributed by atoms with Crippen LogP contribution in [0.3, 0.4) is 0 Å². The Morgan fingerprint density at radius 3 is 2.65 bits per heavy atom. The van der Waals surface area contributed by atoms with Gasteiger partial charge in [0, 0.05) is 31.1 Å². The molecule has 5 heteroatoms. The second-order valence-electron chi connectivity index (χ2n) is 5.18. The number of ether oxygens (including phenoxy) is 1. The van der Waals surface area contributed by atoms with Gasteiger partial charge in [-0.3, -0.25) is 0 Å². The van der Waals surface area contributed by atoms with Crippen LogP contribution in [0.1, 0.15) is 44.7 Å². The first-order chi connectivity index (χ1) is 9.63. The van der Waals surface area contributed by atoms with Gasteiger partial charge in [0.2, 0.25) is 0 Å². The number of methoxy groups -OCH3 is 1. The van der Waals surface area contributed by atoms with Crippen LogP contribution in [0.4, 0.5) is 5.13 Å².